The average Bonchev–Trinajstić information content (AvgIpc) is 1.21. The summed E-state index contributed by atoms with van der Waals surface area (Å²) in [6.07, 6.45) is 0. The van der Waals surface area contributed by atoms with Crippen molar-refractivity contribution in [1.82, 2.24) is 0 Å². The second kappa shape index (κ2) is 1.92. The zero-order chi connectivity index (χ0) is 6.78. The van der Waals surface area contributed by atoms with Gasteiger partial charge in [0.2, 0.25) is 0 Å². The van der Waals surface area contributed by atoms with Gasteiger partial charge >= 0.3 is 15.5 Å². The van der Waals surface area contributed by atoms with Gasteiger partial charge in [0.1, 0.15) is 4.91 Å². The third kappa shape index (κ3) is 5.11. The summed E-state index contributed by atoms with van der Waals surface area (Å²) in [6, 6.07) is 0. The molecule has 0 aromatic heterocycles. The normalized spacial score (nSPS) is 10.6. The van der Waals surface area contributed by atoms with Crippen LogP contribution in [-0.4, -0.2) is 23.3 Å². The molecule has 0 bridgehead atoms. The van der Waals surface area contributed by atoms with Crippen molar-refractivity contribution >= 4 is 10.4 Å². The summed E-state index contributed by atoms with van der Waals surface area (Å²) in [5, 5.41) is 6.02. The highest BCUT2D eigenvalue weighted by atomic mass is 32.3. The minimum absolute atomic E-state index is 1.38. The standard InChI is InChI=1S/HNO6S/c2-1(3)7-8(4,5)6/h(H-,2,3,4,5,6)/p+1. The molecule has 2 N–H and O–H groups in total. The van der Waals surface area contributed by atoms with Crippen LogP contribution in [0.25, 0.3) is 0 Å². The molecule has 0 saturated heterocycles. The number of hydrogen-bond acceptors (Lipinski definition) is 4. The molecule has 0 aliphatic carbocycles. The second-order valence-corrected chi connectivity index (χ2v) is 1.74. The summed E-state index contributed by atoms with van der Waals surface area (Å²) in [5.41, 5.74) is 0. The summed E-state index contributed by atoms with van der Waals surface area (Å²) in [4.78, 5) is 9.17. The molecule has 8 heteroatoms. The Morgan fingerprint density at radius 2 is 1.88 bits per heavy atom. The van der Waals surface area contributed by atoms with Crippen molar-refractivity contribution in [1.29, 1.82) is 0 Å². The molecule has 0 spiro atoms. The van der Waals surface area contributed by atoms with Crippen LogP contribution in [0, 0.1) is 4.91 Å². The molecule has 0 aromatic rings. The Kier molecular flexibility index (Phi) is 1.71. The lowest BCUT2D eigenvalue weighted by Crippen LogP contribution is -2.10. The Bertz CT molecular complexity index is 175. The molecule has 0 unspecified atom stereocenters. The van der Waals surface area contributed by atoms with Gasteiger partial charge in [-0.15, -0.1) is 0 Å². The van der Waals surface area contributed by atoms with Crippen LogP contribution in [-0.2, 0) is 14.7 Å². The monoisotopic (exact) mass is 144 g/mol. The van der Waals surface area contributed by atoms with E-state index in [9.17, 15) is 13.3 Å². The fourth-order valence-corrected chi connectivity index (χ4v) is 0.242. The van der Waals surface area contributed by atoms with Gasteiger partial charge in [0.25, 0.3) is 0 Å². The minimum atomic E-state index is -4.86. The molecular weight excluding hydrogens is 142 g/mol. The summed E-state index contributed by atoms with van der Waals surface area (Å²) in [6.45, 7) is 0. The highest BCUT2D eigenvalue weighted by molar-refractivity contribution is 7.80. The van der Waals surface area contributed by atoms with Crippen molar-refractivity contribution in [3.63, 3.8) is 0 Å². The van der Waals surface area contributed by atoms with E-state index in [0.717, 1.165) is 0 Å². The Morgan fingerprint density at radius 3 is 1.88 bits per heavy atom. The largest absolute Gasteiger partial charge is 0.510 e. The van der Waals surface area contributed by atoms with Crippen molar-refractivity contribution in [2.75, 3.05) is 0 Å². The molecule has 7 nitrogen and oxygen atoms in total. The maximum absolute atomic E-state index is 9.37. The molecule has 0 atom stereocenters. The van der Waals surface area contributed by atoms with E-state index in [1.165, 1.54) is 0 Å². The first-order valence-corrected chi connectivity index (χ1v) is 2.61. The summed E-state index contributed by atoms with van der Waals surface area (Å²) in [5.74, 6) is 0. The highest BCUT2D eigenvalue weighted by Gasteiger charge is 2.18. The average molecular weight is 144 g/mol. The van der Waals surface area contributed by atoms with Crippen LogP contribution in [0.5, 0.6) is 0 Å². The van der Waals surface area contributed by atoms with Gasteiger partial charge in [-0.25, -0.2) is 4.55 Å². The molecule has 0 aliphatic heterocycles. The SMILES string of the molecule is O=[N+](O)OS(=O)(=O)O. The van der Waals surface area contributed by atoms with Crippen LogP contribution in [0.3, 0.4) is 0 Å². The molecule has 0 rings (SSSR count). The molecule has 0 fully saturated rings. The van der Waals surface area contributed by atoms with Crippen molar-refractivity contribution in [3.8, 4) is 0 Å². The zero-order valence-corrected chi connectivity index (χ0v) is 4.20. The topological polar surface area (TPSA) is 104 Å². The lowest BCUT2D eigenvalue weighted by atomic mass is 13.1. The fraction of sp³-hybridized carbons (Fsp3) is 0. The van der Waals surface area contributed by atoms with Gasteiger partial charge in [0.15, 0.2) is 0 Å². The Hall–Kier alpha value is -0.890. The van der Waals surface area contributed by atoms with E-state index in [-0.39, 0.29) is 0 Å². The van der Waals surface area contributed by atoms with Crippen LogP contribution < -0.4 is 0 Å². The van der Waals surface area contributed by atoms with Crippen molar-refractivity contribution in [3.05, 3.63) is 4.91 Å². The molecule has 0 heterocycles. The first kappa shape index (κ1) is 7.11. The van der Waals surface area contributed by atoms with E-state index in [1.54, 1.807) is 0 Å². The Balaban J connectivity index is 3.95. The predicted molar refractivity (Wildman–Crippen MR) is 18.0 cm³/mol. The maximum atomic E-state index is 9.37. The first-order valence-electron chi connectivity index (χ1n) is 1.25. The Labute approximate surface area is 43.9 Å². The number of rotatable bonds is 2. The van der Waals surface area contributed by atoms with Crippen LogP contribution in [0.1, 0.15) is 0 Å². The van der Waals surface area contributed by atoms with Crippen LogP contribution in [0.4, 0.5) is 0 Å². The first-order chi connectivity index (χ1) is 3.42. The lowest BCUT2D eigenvalue weighted by Gasteiger charge is -1.76. The molecule has 48 valence electrons. The van der Waals surface area contributed by atoms with E-state index in [2.05, 4.69) is 4.28 Å². The van der Waals surface area contributed by atoms with E-state index in [4.69, 9.17) is 9.76 Å². The molecule has 0 radical (unpaired) electrons. The van der Waals surface area contributed by atoms with Gasteiger partial charge in [-0.1, -0.05) is 0 Å². The lowest BCUT2D eigenvalue weighted by molar-refractivity contribution is -0.947. The van der Waals surface area contributed by atoms with Crippen molar-refractivity contribution in [2.24, 2.45) is 0 Å². The number of hydrogen-bond donors (Lipinski definition) is 2. The van der Waals surface area contributed by atoms with Gasteiger partial charge in [-0.3, -0.25) is 0 Å². The molecule has 0 aromatic carbocycles. The number of nitrogens with zero attached hydrogens (tertiary/aromatic N) is 1. The van der Waals surface area contributed by atoms with E-state index in [1.807, 2.05) is 0 Å². The van der Waals surface area contributed by atoms with Gasteiger partial charge in [0, 0.05) is 0 Å². The maximum Gasteiger partial charge on any atom is 0.510 e. The van der Waals surface area contributed by atoms with E-state index < -0.39 is 15.5 Å². The predicted octanol–water partition coefficient (Wildman–Crippen LogP) is -1.11. The zero-order valence-electron chi connectivity index (χ0n) is 3.38. The summed E-state index contributed by atoms with van der Waals surface area (Å²) in [7, 11) is -4.86. The second-order valence-electron chi connectivity index (χ2n) is 0.740. The molecule has 8 heavy (non-hydrogen) atoms. The van der Waals surface area contributed by atoms with Gasteiger partial charge in [-0.2, -0.15) is 13.6 Å². The molecule has 0 amide bonds. The summed E-state index contributed by atoms with van der Waals surface area (Å²) < 4.78 is 29.1. The van der Waals surface area contributed by atoms with Crippen LogP contribution in [0.2, 0.25) is 0 Å². The van der Waals surface area contributed by atoms with Crippen LogP contribution in [0.15, 0.2) is 0 Å². The quantitative estimate of drug-likeness (QED) is 0.376. The third-order valence-corrected chi connectivity index (χ3v) is 0.474. The van der Waals surface area contributed by atoms with Crippen molar-refractivity contribution in [2.45, 2.75) is 0 Å². The van der Waals surface area contributed by atoms with Crippen molar-refractivity contribution < 1.29 is 27.5 Å². The van der Waals surface area contributed by atoms with Gasteiger partial charge in [0.05, 0.1) is 0 Å². The summed E-state index contributed by atoms with van der Waals surface area (Å²) >= 11 is 0. The van der Waals surface area contributed by atoms with E-state index >= 15 is 0 Å². The third-order valence-electron chi connectivity index (χ3n) is 0.158. The van der Waals surface area contributed by atoms with E-state index in [0.29, 0.717) is 0 Å². The minimum Gasteiger partial charge on any atom is -0.250 e. The smallest absolute Gasteiger partial charge is 0.250 e. The molecule has 0 aliphatic rings. The highest BCUT2D eigenvalue weighted by Crippen LogP contribution is 1.81. The molecular formula is H2NO6S+. The van der Waals surface area contributed by atoms with Gasteiger partial charge in [-0.05, 0) is 4.28 Å². The fourth-order valence-electron chi connectivity index (χ4n) is 0.0806. The Morgan fingerprint density at radius 1 is 1.50 bits per heavy atom. The molecule has 0 saturated carbocycles. The van der Waals surface area contributed by atoms with Crippen LogP contribution >= 0.6 is 0 Å². The van der Waals surface area contributed by atoms with Gasteiger partial charge < -0.3 is 0 Å².